The Bertz CT molecular complexity index is 462. The highest BCUT2D eigenvalue weighted by molar-refractivity contribution is 5.23. The molecule has 2 unspecified atom stereocenters. The van der Waals surface area contributed by atoms with Gasteiger partial charge in [0.2, 0.25) is 0 Å². The van der Waals surface area contributed by atoms with Gasteiger partial charge < -0.3 is 20.7 Å². The summed E-state index contributed by atoms with van der Waals surface area (Å²) in [4.78, 5) is 15.4. The van der Waals surface area contributed by atoms with Crippen molar-refractivity contribution in [3.05, 3.63) is 22.7 Å². The van der Waals surface area contributed by atoms with Crippen LogP contribution in [0.15, 0.2) is 17.1 Å². The minimum Gasteiger partial charge on any atom is -0.396 e. The first-order chi connectivity index (χ1) is 8.65. The lowest BCUT2D eigenvalue weighted by Crippen LogP contribution is -2.30. The number of hydrogen-bond donors (Lipinski definition) is 3. The maximum absolute atomic E-state index is 11.7. The van der Waals surface area contributed by atoms with Gasteiger partial charge in [-0.2, -0.15) is 4.98 Å². The molecule has 2 rings (SSSR count). The van der Waals surface area contributed by atoms with Crippen LogP contribution in [0.3, 0.4) is 0 Å². The lowest BCUT2D eigenvalue weighted by atomic mass is 10.00. The third-order valence-electron chi connectivity index (χ3n) is 3.13. The van der Waals surface area contributed by atoms with Crippen LogP contribution in [-0.4, -0.2) is 39.1 Å². The molecule has 18 heavy (non-hydrogen) atoms. The summed E-state index contributed by atoms with van der Waals surface area (Å²) in [5, 5.41) is 18.1. The highest BCUT2D eigenvalue weighted by Gasteiger charge is 2.36. The number of hydrogen-bond acceptors (Lipinski definition) is 6. The topological polar surface area (TPSA) is 111 Å². The molecule has 0 saturated carbocycles. The molecular weight excluding hydrogens is 238 g/mol. The van der Waals surface area contributed by atoms with E-state index >= 15 is 0 Å². The third kappa shape index (κ3) is 2.53. The summed E-state index contributed by atoms with van der Waals surface area (Å²) in [7, 11) is 0. The second-order valence-corrected chi connectivity index (χ2v) is 4.38. The molecule has 0 radical (unpaired) electrons. The predicted molar refractivity (Wildman–Crippen MR) is 63.7 cm³/mol. The summed E-state index contributed by atoms with van der Waals surface area (Å²) in [5.41, 5.74) is 4.94. The fourth-order valence-electron chi connectivity index (χ4n) is 2.27. The molecule has 0 bridgehead atoms. The average Bonchev–Trinajstić information content (AvgIpc) is 2.73. The Balaban J connectivity index is 2.26. The van der Waals surface area contributed by atoms with Gasteiger partial charge in [0.1, 0.15) is 12.0 Å². The standard InChI is InChI=1S/C11H17N3O4/c12-9-1-3-14(11(17)13-9)10-7(2-4-15)5-8(6-16)18-10/h1,3,7-8,10,15-16H,2,4-6H2,(H2,12,13,17)/t7-,8?,10?/m0/s1. The van der Waals surface area contributed by atoms with Gasteiger partial charge in [-0.1, -0.05) is 0 Å². The summed E-state index contributed by atoms with van der Waals surface area (Å²) in [5.74, 6) is 0.141. The maximum Gasteiger partial charge on any atom is 0.351 e. The molecule has 0 aromatic carbocycles. The van der Waals surface area contributed by atoms with Gasteiger partial charge >= 0.3 is 5.69 Å². The van der Waals surface area contributed by atoms with Crippen molar-refractivity contribution < 1.29 is 14.9 Å². The lowest BCUT2D eigenvalue weighted by molar-refractivity contribution is -0.0373. The molecule has 0 spiro atoms. The van der Waals surface area contributed by atoms with Crippen molar-refractivity contribution in [2.24, 2.45) is 5.92 Å². The Kier molecular flexibility index (Phi) is 3.95. The van der Waals surface area contributed by atoms with Crippen LogP contribution in [-0.2, 0) is 4.74 Å². The Morgan fingerprint density at radius 3 is 2.94 bits per heavy atom. The summed E-state index contributed by atoms with van der Waals surface area (Å²) < 4.78 is 6.96. The fourth-order valence-corrected chi connectivity index (χ4v) is 2.27. The van der Waals surface area contributed by atoms with Gasteiger partial charge in [0.15, 0.2) is 0 Å². The normalized spacial score (nSPS) is 27.6. The molecule has 4 N–H and O–H groups in total. The summed E-state index contributed by atoms with van der Waals surface area (Å²) in [6.45, 7) is -0.0879. The lowest BCUT2D eigenvalue weighted by Gasteiger charge is -2.19. The molecule has 1 saturated heterocycles. The van der Waals surface area contributed by atoms with Crippen molar-refractivity contribution in [2.75, 3.05) is 18.9 Å². The molecule has 1 aromatic heterocycles. The highest BCUT2D eigenvalue weighted by atomic mass is 16.5. The van der Waals surface area contributed by atoms with E-state index in [1.165, 1.54) is 16.8 Å². The average molecular weight is 255 g/mol. The van der Waals surface area contributed by atoms with E-state index < -0.39 is 11.9 Å². The van der Waals surface area contributed by atoms with Gasteiger partial charge in [-0.3, -0.25) is 4.57 Å². The molecular formula is C11H17N3O4. The number of aliphatic hydroxyl groups excluding tert-OH is 2. The number of nitrogens with two attached hydrogens (primary N) is 1. The van der Waals surface area contributed by atoms with E-state index in [-0.39, 0.29) is 31.1 Å². The first kappa shape index (κ1) is 13.0. The minimum absolute atomic E-state index is 0.0137. The Morgan fingerprint density at radius 1 is 1.56 bits per heavy atom. The van der Waals surface area contributed by atoms with Crippen LogP contribution in [0.4, 0.5) is 5.82 Å². The second kappa shape index (κ2) is 5.47. The van der Waals surface area contributed by atoms with E-state index in [2.05, 4.69) is 4.98 Å². The van der Waals surface area contributed by atoms with Crippen LogP contribution < -0.4 is 11.4 Å². The van der Waals surface area contributed by atoms with E-state index in [1.54, 1.807) is 0 Å². The van der Waals surface area contributed by atoms with Crippen molar-refractivity contribution in [2.45, 2.75) is 25.2 Å². The predicted octanol–water partition coefficient (Wildman–Crippen LogP) is -0.896. The molecule has 1 fully saturated rings. The zero-order chi connectivity index (χ0) is 13.1. The molecule has 0 aliphatic carbocycles. The SMILES string of the molecule is Nc1ccn(C2OC(CO)C[C@@H]2CCO)c(=O)n1. The van der Waals surface area contributed by atoms with Gasteiger partial charge in [-0.05, 0) is 18.9 Å². The van der Waals surface area contributed by atoms with E-state index in [0.717, 1.165) is 0 Å². The molecule has 100 valence electrons. The largest absolute Gasteiger partial charge is 0.396 e. The fraction of sp³-hybridized carbons (Fsp3) is 0.636. The van der Waals surface area contributed by atoms with Gasteiger partial charge in [-0.25, -0.2) is 4.79 Å². The summed E-state index contributed by atoms with van der Waals surface area (Å²) >= 11 is 0. The number of aromatic nitrogens is 2. The Labute approximate surface area is 104 Å². The summed E-state index contributed by atoms with van der Waals surface area (Å²) in [6, 6.07) is 1.52. The zero-order valence-electron chi connectivity index (χ0n) is 9.90. The van der Waals surface area contributed by atoms with Crippen molar-refractivity contribution in [3.63, 3.8) is 0 Å². The summed E-state index contributed by atoms with van der Waals surface area (Å²) in [6.07, 6.45) is 1.83. The Morgan fingerprint density at radius 2 is 2.33 bits per heavy atom. The molecule has 7 heteroatoms. The van der Waals surface area contributed by atoms with Crippen LogP contribution in [0.25, 0.3) is 0 Å². The van der Waals surface area contributed by atoms with Gasteiger partial charge in [0.25, 0.3) is 0 Å². The quantitative estimate of drug-likeness (QED) is 0.643. The highest BCUT2D eigenvalue weighted by Crippen LogP contribution is 2.35. The third-order valence-corrected chi connectivity index (χ3v) is 3.13. The van der Waals surface area contributed by atoms with E-state index in [1.807, 2.05) is 0 Å². The number of nitrogens with zero attached hydrogens (tertiary/aromatic N) is 2. The van der Waals surface area contributed by atoms with Crippen molar-refractivity contribution in [1.82, 2.24) is 9.55 Å². The molecule has 7 nitrogen and oxygen atoms in total. The van der Waals surface area contributed by atoms with Crippen molar-refractivity contribution >= 4 is 5.82 Å². The number of ether oxygens (including phenoxy) is 1. The maximum atomic E-state index is 11.7. The molecule has 1 aromatic rings. The van der Waals surface area contributed by atoms with Crippen LogP contribution in [0.2, 0.25) is 0 Å². The van der Waals surface area contributed by atoms with E-state index in [4.69, 9.17) is 20.7 Å². The monoisotopic (exact) mass is 255 g/mol. The molecule has 3 atom stereocenters. The van der Waals surface area contributed by atoms with Crippen LogP contribution in [0.5, 0.6) is 0 Å². The molecule has 1 aliphatic rings. The van der Waals surface area contributed by atoms with Gasteiger partial charge in [-0.15, -0.1) is 0 Å². The Hall–Kier alpha value is -1.44. The van der Waals surface area contributed by atoms with Gasteiger partial charge in [0, 0.05) is 18.7 Å². The first-order valence-electron chi connectivity index (χ1n) is 5.87. The zero-order valence-corrected chi connectivity index (χ0v) is 9.90. The second-order valence-electron chi connectivity index (χ2n) is 4.38. The number of aliphatic hydroxyl groups is 2. The smallest absolute Gasteiger partial charge is 0.351 e. The number of rotatable bonds is 4. The molecule has 2 heterocycles. The van der Waals surface area contributed by atoms with Crippen LogP contribution in [0.1, 0.15) is 19.1 Å². The molecule has 0 amide bonds. The molecule has 1 aliphatic heterocycles. The van der Waals surface area contributed by atoms with Gasteiger partial charge in [0.05, 0.1) is 12.7 Å². The van der Waals surface area contributed by atoms with Crippen LogP contribution >= 0.6 is 0 Å². The minimum atomic E-state index is -0.505. The van der Waals surface area contributed by atoms with E-state index in [9.17, 15) is 4.79 Å². The number of anilines is 1. The first-order valence-corrected chi connectivity index (χ1v) is 5.87. The van der Waals surface area contributed by atoms with Crippen molar-refractivity contribution in [1.29, 1.82) is 0 Å². The van der Waals surface area contributed by atoms with E-state index in [0.29, 0.717) is 12.8 Å². The number of nitrogen functional groups attached to an aromatic ring is 1. The van der Waals surface area contributed by atoms with Crippen molar-refractivity contribution in [3.8, 4) is 0 Å². The van der Waals surface area contributed by atoms with Crippen LogP contribution in [0, 0.1) is 5.92 Å².